The average Bonchev–Trinajstić information content (AvgIpc) is 2.43. The maximum absolute atomic E-state index is 11.4. The molecule has 0 radical (unpaired) electrons. The zero-order chi connectivity index (χ0) is 14.3. The summed E-state index contributed by atoms with van der Waals surface area (Å²) in [5, 5.41) is 2.67. The van der Waals surface area contributed by atoms with Crippen LogP contribution >= 0.6 is 0 Å². The fourth-order valence-corrected chi connectivity index (χ4v) is 1.59. The van der Waals surface area contributed by atoms with Crippen molar-refractivity contribution in [1.82, 2.24) is 5.32 Å². The fourth-order valence-electron chi connectivity index (χ4n) is 1.59. The number of nitrogens with one attached hydrogen (secondary N) is 1. The van der Waals surface area contributed by atoms with Gasteiger partial charge in [0, 0.05) is 6.54 Å². The zero-order valence-corrected chi connectivity index (χ0v) is 12.0. The van der Waals surface area contributed by atoms with E-state index in [0.717, 1.165) is 6.42 Å². The smallest absolute Gasteiger partial charge is 0.258 e. The van der Waals surface area contributed by atoms with Gasteiger partial charge in [0.05, 0.1) is 0 Å². The number of rotatable bonds is 7. The third-order valence-corrected chi connectivity index (χ3v) is 3.33. The van der Waals surface area contributed by atoms with Gasteiger partial charge in [0.1, 0.15) is 5.75 Å². The van der Waals surface area contributed by atoms with Crippen molar-refractivity contribution in [2.75, 3.05) is 13.2 Å². The lowest BCUT2D eigenvalue weighted by molar-refractivity contribution is -0.122. The SMILES string of the molecule is C=CCNC(=O)COc1ccc(C(C)(C)CC)cc1. The molecule has 1 N–H and O–H groups in total. The molecule has 1 aromatic carbocycles. The second kappa shape index (κ2) is 6.98. The first-order valence-electron chi connectivity index (χ1n) is 6.60. The number of hydrogen-bond donors (Lipinski definition) is 1. The van der Waals surface area contributed by atoms with Gasteiger partial charge in [-0.3, -0.25) is 4.79 Å². The molecule has 0 aliphatic heterocycles. The van der Waals surface area contributed by atoms with Crippen LogP contribution in [-0.4, -0.2) is 19.1 Å². The Morgan fingerprint density at radius 3 is 2.53 bits per heavy atom. The molecular formula is C16H23NO2. The van der Waals surface area contributed by atoms with Crippen LogP contribution in [0.3, 0.4) is 0 Å². The largest absolute Gasteiger partial charge is 0.484 e. The van der Waals surface area contributed by atoms with E-state index < -0.39 is 0 Å². The summed E-state index contributed by atoms with van der Waals surface area (Å²) in [4.78, 5) is 11.4. The highest BCUT2D eigenvalue weighted by Crippen LogP contribution is 2.27. The number of ether oxygens (including phenoxy) is 1. The number of benzene rings is 1. The molecule has 1 aromatic rings. The predicted molar refractivity (Wildman–Crippen MR) is 78.5 cm³/mol. The monoisotopic (exact) mass is 261 g/mol. The molecule has 104 valence electrons. The molecule has 0 unspecified atom stereocenters. The van der Waals surface area contributed by atoms with E-state index in [9.17, 15) is 4.79 Å². The van der Waals surface area contributed by atoms with Crippen molar-refractivity contribution in [3.05, 3.63) is 42.5 Å². The van der Waals surface area contributed by atoms with Crippen molar-refractivity contribution in [1.29, 1.82) is 0 Å². The number of carbonyl (C=O) groups is 1. The molecule has 0 aromatic heterocycles. The van der Waals surface area contributed by atoms with Gasteiger partial charge in [-0.25, -0.2) is 0 Å². The number of carbonyl (C=O) groups excluding carboxylic acids is 1. The lowest BCUT2D eigenvalue weighted by atomic mass is 9.82. The molecule has 0 bridgehead atoms. The summed E-state index contributed by atoms with van der Waals surface area (Å²) in [6, 6.07) is 7.93. The molecule has 0 fully saturated rings. The van der Waals surface area contributed by atoms with Gasteiger partial charge in [0.15, 0.2) is 6.61 Å². The van der Waals surface area contributed by atoms with Crippen LogP contribution in [0.4, 0.5) is 0 Å². The third-order valence-electron chi connectivity index (χ3n) is 3.33. The highest BCUT2D eigenvalue weighted by molar-refractivity contribution is 5.77. The van der Waals surface area contributed by atoms with Crippen molar-refractivity contribution >= 4 is 5.91 Å². The van der Waals surface area contributed by atoms with Crippen LogP contribution in [0, 0.1) is 0 Å². The summed E-state index contributed by atoms with van der Waals surface area (Å²) in [6.07, 6.45) is 2.72. The van der Waals surface area contributed by atoms with Crippen LogP contribution in [0.1, 0.15) is 32.8 Å². The molecule has 1 amide bonds. The molecule has 3 nitrogen and oxygen atoms in total. The first-order chi connectivity index (χ1) is 8.99. The van der Waals surface area contributed by atoms with E-state index in [0.29, 0.717) is 12.3 Å². The average molecular weight is 261 g/mol. The van der Waals surface area contributed by atoms with Crippen LogP contribution in [0.5, 0.6) is 5.75 Å². The standard InChI is InChI=1S/C16H23NO2/c1-5-11-17-15(18)12-19-14-9-7-13(8-10-14)16(3,4)6-2/h5,7-10H,1,6,11-12H2,2-4H3,(H,17,18). The lowest BCUT2D eigenvalue weighted by Crippen LogP contribution is -2.28. The van der Waals surface area contributed by atoms with Gasteiger partial charge in [-0.15, -0.1) is 6.58 Å². The summed E-state index contributed by atoms with van der Waals surface area (Å²) in [5.74, 6) is 0.572. The van der Waals surface area contributed by atoms with Crippen LogP contribution in [0.25, 0.3) is 0 Å². The molecule has 0 aliphatic carbocycles. The topological polar surface area (TPSA) is 38.3 Å². The molecule has 0 aliphatic rings. The minimum Gasteiger partial charge on any atom is -0.484 e. The second-order valence-corrected chi connectivity index (χ2v) is 5.14. The molecular weight excluding hydrogens is 238 g/mol. The molecule has 19 heavy (non-hydrogen) atoms. The molecule has 0 spiro atoms. The van der Waals surface area contributed by atoms with Gasteiger partial charge in [-0.2, -0.15) is 0 Å². The lowest BCUT2D eigenvalue weighted by Gasteiger charge is -2.23. The Hall–Kier alpha value is -1.77. The Morgan fingerprint density at radius 2 is 2.00 bits per heavy atom. The number of amides is 1. The highest BCUT2D eigenvalue weighted by Gasteiger charge is 2.17. The van der Waals surface area contributed by atoms with E-state index in [1.54, 1.807) is 6.08 Å². The van der Waals surface area contributed by atoms with Crippen molar-refractivity contribution < 1.29 is 9.53 Å². The molecule has 0 saturated carbocycles. The van der Waals surface area contributed by atoms with E-state index >= 15 is 0 Å². The molecule has 0 atom stereocenters. The van der Waals surface area contributed by atoms with Crippen molar-refractivity contribution in [3.8, 4) is 5.75 Å². The highest BCUT2D eigenvalue weighted by atomic mass is 16.5. The first kappa shape index (κ1) is 15.3. The minimum absolute atomic E-state index is 0.0321. The maximum Gasteiger partial charge on any atom is 0.258 e. The summed E-state index contributed by atoms with van der Waals surface area (Å²) >= 11 is 0. The van der Waals surface area contributed by atoms with E-state index in [4.69, 9.17) is 4.74 Å². The van der Waals surface area contributed by atoms with Gasteiger partial charge < -0.3 is 10.1 Å². The van der Waals surface area contributed by atoms with Crippen molar-refractivity contribution in [2.45, 2.75) is 32.6 Å². The Bertz CT molecular complexity index is 421. The van der Waals surface area contributed by atoms with Gasteiger partial charge in [0.25, 0.3) is 5.91 Å². The van der Waals surface area contributed by atoms with E-state index in [-0.39, 0.29) is 17.9 Å². The van der Waals surface area contributed by atoms with Gasteiger partial charge in [-0.05, 0) is 29.5 Å². The Morgan fingerprint density at radius 1 is 1.37 bits per heavy atom. The molecule has 0 saturated heterocycles. The van der Waals surface area contributed by atoms with Gasteiger partial charge in [-0.1, -0.05) is 39.0 Å². The maximum atomic E-state index is 11.4. The normalized spacial score (nSPS) is 10.9. The fraction of sp³-hybridized carbons (Fsp3) is 0.438. The Balaban J connectivity index is 2.53. The zero-order valence-electron chi connectivity index (χ0n) is 12.0. The molecule has 1 rings (SSSR count). The van der Waals surface area contributed by atoms with Crippen LogP contribution in [0.2, 0.25) is 0 Å². The van der Waals surface area contributed by atoms with Crippen molar-refractivity contribution in [3.63, 3.8) is 0 Å². The summed E-state index contributed by atoms with van der Waals surface area (Å²) in [5.41, 5.74) is 1.44. The first-order valence-corrected chi connectivity index (χ1v) is 6.60. The third kappa shape index (κ3) is 4.78. The van der Waals surface area contributed by atoms with E-state index in [1.165, 1.54) is 5.56 Å². The van der Waals surface area contributed by atoms with Crippen LogP contribution < -0.4 is 10.1 Å². The van der Waals surface area contributed by atoms with Gasteiger partial charge in [0.2, 0.25) is 0 Å². The summed E-state index contributed by atoms with van der Waals surface area (Å²) in [7, 11) is 0. The molecule has 3 heteroatoms. The van der Waals surface area contributed by atoms with E-state index in [1.807, 2.05) is 12.1 Å². The summed E-state index contributed by atoms with van der Waals surface area (Å²) in [6.45, 7) is 10.6. The Labute approximate surface area is 115 Å². The number of hydrogen-bond acceptors (Lipinski definition) is 2. The molecule has 0 heterocycles. The van der Waals surface area contributed by atoms with Crippen LogP contribution in [0.15, 0.2) is 36.9 Å². The summed E-state index contributed by atoms with van der Waals surface area (Å²) < 4.78 is 5.42. The van der Waals surface area contributed by atoms with E-state index in [2.05, 4.69) is 44.8 Å². The Kier molecular flexibility index (Phi) is 5.61. The second-order valence-electron chi connectivity index (χ2n) is 5.14. The van der Waals surface area contributed by atoms with Crippen LogP contribution in [-0.2, 0) is 10.2 Å². The van der Waals surface area contributed by atoms with Gasteiger partial charge >= 0.3 is 0 Å². The predicted octanol–water partition coefficient (Wildman–Crippen LogP) is 3.06. The van der Waals surface area contributed by atoms with Crippen molar-refractivity contribution in [2.24, 2.45) is 0 Å². The minimum atomic E-state index is -0.141. The quantitative estimate of drug-likeness (QED) is 0.766.